The maximum atomic E-state index is 12.4. The normalized spacial score (nSPS) is 11.5. The second kappa shape index (κ2) is 9.35. The Morgan fingerprint density at radius 2 is 1.85 bits per heavy atom. The standard InChI is InChI=1S/C22H21N5O5S/c1-15(28)16-6-8-19(9-7-16)33(29,30)23-12-13-32-21-11-10-20-24-25-22(27(20)26-21)17-4-3-5-18(14-17)31-2/h3-11,14,23H,12-13H2,1-2H3. The Kier molecular flexibility index (Phi) is 6.33. The number of carbonyl (C=O) groups excluding carboxylic acids is 1. The molecule has 2 heterocycles. The van der Waals surface area contributed by atoms with Crippen LogP contribution in [0.2, 0.25) is 0 Å². The summed E-state index contributed by atoms with van der Waals surface area (Å²) in [6.45, 7) is 1.51. The van der Waals surface area contributed by atoms with Crippen LogP contribution in [0.25, 0.3) is 17.0 Å². The van der Waals surface area contributed by atoms with Crippen molar-refractivity contribution in [3.63, 3.8) is 0 Å². The van der Waals surface area contributed by atoms with Gasteiger partial charge < -0.3 is 9.47 Å². The second-order valence-electron chi connectivity index (χ2n) is 7.02. The number of hydrogen-bond donors (Lipinski definition) is 1. The number of fused-ring (bicyclic) bond motifs is 1. The fraction of sp³-hybridized carbons (Fsp3) is 0.182. The lowest BCUT2D eigenvalue weighted by atomic mass is 10.2. The van der Waals surface area contributed by atoms with Crippen molar-refractivity contribution in [2.24, 2.45) is 0 Å². The molecule has 33 heavy (non-hydrogen) atoms. The molecule has 2 aromatic heterocycles. The average molecular weight is 468 g/mol. The van der Waals surface area contributed by atoms with E-state index in [1.165, 1.54) is 31.2 Å². The molecule has 170 valence electrons. The molecule has 1 N–H and O–H groups in total. The van der Waals surface area contributed by atoms with Crippen molar-refractivity contribution in [1.82, 2.24) is 24.5 Å². The third-order valence-electron chi connectivity index (χ3n) is 4.78. The highest BCUT2D eigenvalue weighted by atomic mass is 32.2. The molecule has 0 aliphatic heterocycles. The third kappa shape index (κ3) is 4.99. The van der Waals surface area contributed by atoms with E-state index in [1.54, 1.807) is 23.8 Å². The fourth-order valence-corrected chi connectivity index (χ4v) is 4.09. The number of sulfonamides is 1. The fourth-order valence-electron chi connectivity index (χ4n) is 3.07. The summed E-state index contributed by atoms with van der Waals surface area (Å²) >= 11 is 0. The van der Waals surface area contributed by atoms with Gasteiger partial charge in [0.05, 0.1) is 12.0 Å². The first-order valence-corrected chi connectivity index (χ1v) is 11.5. The Hall–Kier alpha value is -3.83. The molecule has 0 bridgehead atoms. The van der Waals surface area contributed by atoms with Crippen LogP contribution in [-0.4, -0.2) is 54.3 Å². The second-order valence-corrected chi connectivity index (χ2v) is 8.79. The van der Waals surface area contributed by atoms with Crippen molar-refractivity contribution in [2.75, 3.05) is 20.3 Å². The summed E-state index contributed by atoms with van der Waals surface area (Å²) in [6, 6.07) is 16.4. The molecule has 0 amide bonds. The van der Waals surface area contributed by atoms with Gasteiger partial charge in [0, 0.05) is 23.7 Å². The highest BCUT2D eigenvalue weighted by Gasteiger charge is 2.15. The topological polar surface area (TPSA) is 125 Å². The molecule has 0 aliphatic rings. The average Bonchev–Trinajstić information content (AvgIpc) is 3.25. The molecular weight excluding hydrogens is 446 g/mol. The van der Waals surface area contributed by atoms with E-state index in [0.717, 1.165) is 5.56 Å². The number of nitrogens with one attached hydrogen (secondary N) is 1. The molecule has 0 radical (unpaired) electrons. The van der Waals surface area contributed by atoms with Gasteiger partial charge in [-0.05, 0) is 37.3 Å². The number of methoxy groups -OCH3 is 1. The van der Waals surface area contributed by atoms with Gasteiger partial charge in [0.1, 0.15) is 12.4 Å². The van der Waals surface area contributed by atoms with Gasteiger partial charge in [-0.25, -0.2) is 13.1 Å². The third-order valence-corrected chi connectivity index (χ3v) is 6.26. The van der Waals surface area contributed by atoms with Gasteiger partial charge in [-0.1, -0.05) is 24.3 Å². The van der Waals surface area contributed by atoms with Crippen molar-refractivity contribution in [1.29, 1.82) is 0 Å². The quantitative estimate of drug-likeness (QED) is 0.294. The van der Waals surface area contributed by atoms with Crippen molar-refractivity contribution in [3.05, 3.63) is 66.2 Å². The SMILES string of the molecule is COc1cccc(-c2nnc3ccc(OCCNS(=O)(=O)c4ccc(C(C)=O)cc4)nn23)c1. The minimum Gasteiger partial charge on any atom is -0.497 e. The first-order chi connectivity index (χ1) is 15.9. The van der Waals surface area contributed by atoms with E-state index in [4.69, 9.17) is 9.47 Å². The Balaban J connectivity index is 1.42. The van der Waals surface area contributed by atoms with Crippen LogP contribution in [0.3, 0.4) is 0 Å². The molecule has 0 unspecified atom stereocenters. The van der Waals surface area contributed by atoms with Crippen molar-refractivity contribution in [2.45, 2.75) is 11.8 Å². The van der Waals surface area contributed by atoms with Gasteiger partial charge in [-0.3, -0.25) is 4.79 Å². The lowest BCUT2D eigenvalue weighted by Gasteiger charge is -2.09. The van der Waals surface area contributed by atoms with Crippen LogP contribution in [0.1, 0.15) is 17.3 Å². The molecule has 10 nitrogen and oxygen atoms in total. The molecule has 4 rings (SSSR count). The summed E-state index contributed by atoms with van der Waals surface area (Å²) in [5.74, 6) is 1.35. The molecule has 0 aliphatic carbocycles. The summed E-state index contributed by atoms with van der Waals surface area (Å²) in [4.78, 5) is 11.4. The molecule has 11 heteroatoms. The van der Waals surface area contributed by atoms with Crippen LogP contribution in [0, 0.1) is 0 Å². The number of ether oxygens (including phenoxy) is 2. The zero-order chi connectivity index (χ0) is 23.4. The van der Waals surface area contributed by atoms with Gasteiger partial charge >= 0.3 is 0 Å². The summed E-state index contributed by atoms with van der Waals surface area (Å²) in [5, 5.41) is 12.7. The molecule has 0 atom stereocenters. The lowest BCUT2D eigenvalue weighted by Crippen LogP contribution is -2.28. The van der Waals surface area contributed by atoms with Crippen LogP contribution >= 0.6 is 0 Å². The summed E-state index contributed by atoms with van der Waals surface area (Å²) in [5.41, 5.74) is 1.76. The van der Waals surface area contributed by atoms with Gasteiger partial charge in [0.15, 0.2) is 17.3 Å². The zero-order valence-corrected chi connectivity index (χ0v) is 18.7. The number of aromatic nitrogens is 4. The first kappa shape index (κ1) is 22.4. The van der Waals surface area contributed by atoms with Crippen LogP contribution in [0.15, 0.2) is 65.6 Å². The summed E-state index contributed by atoms with van der Waals surface area (Å²) in [6.07, 6.45) is 0. The van der Waals surface area contributed by atoms with E-state index >= 15 is 0 Å². The van der Waals surface area contributed by atoms with E-state index in [1.807, 2.05) is 24.3 Å². The maximum absolute atomic E-state index is 12.4. The van der Waals surface area contributed by atoms with E-state index in [0.29, 0.717) is 22.8 Å². The van der Waals surface area contributed by atoms with Crippen molar-refractivity contribution >= 4 is 21.5 Å². The molecule has 0 saturated heterocycles. The number of hydrogen-bond acceptors (Lipinski definition) is 8. The minimum absolute atomic E-state index is 0.0292. The first-order valence-electron chi connectivity index (χ1n) is 9.98. The summed E-state index contributed by atoms with van der Waals surface area (Å²) in [7, 11) is -2.15. The molecule has 0 fully saturated rings. The van der Waals surface area contributed by atoms with E-state index in [-0.39, 0.29) is 29.7 Å². The van der Waals surface area contributed by atoms with Gasteiger partial charge in [0.25, 0.3) is 0 Å². The van der Waals surface area contributed by atoms with Gasteiger partial charge in [-0.15, -0.1) is 15.3 Å². The monoisotopic (exact) mass is 467 g/mol. The predicted octanol–water partition coefficient (Wildman–Crippen LogP) is 2.36. The van der Waals surface area contributed by atoms with Gasteiger partial charge in [-0.2, -0.15) is 4.52 Å². The number of Topliss-reactive ketones (excluding diaryl/α,β-unsaturated/α-hetero) is 1. The van der Waals surface area contributed by atoms with Crippen molar-refractivity contribution < 1.29 is 22.7 Å². The maximum Gasteiger partial charge on any atom is 0.240 e. The Bertz CT molecular complexity index is 1400. The number of rotatable bonds is 9. The summed E-state index contributed by atoms with van der Waals surface area (Å²) < 4.78 is 39.7. The van der Waals surface area contributed by atoms with Crippen LogP contribution in [-0.2, 0) is 10.0 Å². The number of carbonyl (C=O) groups is 1. The molecule has 0 saturated carbocycles. The van der Waals surface area contributed by atoms with Crippen LogP contribution in [0.4, 0.5) is 0 Å². The largest absolute Gasteiger partial charge is 0.497 e. The minimum atomic E-state index is -3.73. The molecule has 2 aromatic carbocycles. The van der Waals surface area contributed by atoms with Crippen LogP contribution in [0.5, 0.6) is 11.6 Å². The zero-order valence-electron chi connectivity index (χ0n) is 17.9. The van der Waals surface area contributed by atoms with E-state index in [2.05, 4.69) is 20.0 Å². The van der Waals surface area contributed by atoms with E-state index < -0.39 is 10.0 Å². The smallest absolute Gasteiger partial charge is 0.240 e. The van der Waals surface area contributed by atoms with Gasteiger partial charge in [0.2, 0.25) is 15.9 Å². The highest BCUT2D eigenvalue weighted by Crippen LogP contribution is 2.23. The Morgan fingerprint density at radius 1 is 1.06 bits per heavy atom. The highest BCUT2D eigenvalue weighted by molar-refractivity contribution is 7.89. The van der Waals surface area contributed by atoms with E-state index in [9.17, 15) is 13.2 Å². The lowest BCUT2D eigenvalue weighted by molar-refractivity contribution is 0.101. The number of benzene rings is 2. The number of ketones is 1. The van der Waals surface area contributed by atoms with Crippen LogP contribution < -0.4 is 14.2 Å². The molecular formula is C22H21N5O5S. The predicted molar refractivity (Wildman–Crippen MR) is 120 cm³/mol. The molecule has 0 spiro atoms. The van der Waals surface area contributed by atoms with Crippen molar-refractivity contribution in [3.8, 4) is 23.0 Å². The number of nitrogens with zero attached hydrogens (tertiary/aromatic N) is 4. The Morgan fingerprint density at radius 3 is 2.58 bits per heavy atom. The molecule has 4 aromatic rings. The Labute approximate surface area is 190 Å².